The molecule has 3 heterocycles. The van der Waals surface area contributed by atoms with Gasteiger partial charge in [0, 0.05) is 23.8 Å². The normalized spacial score (nSPS) is 23.2. The third kappa shape index (κ3) is 3.68. The van der Waals surface area contributed by atoms with Crippen LogP contribution in [0, 0.1) is 5.92 Å². The molecule has 1 aliphatic carbocycles. The first-order valence-corrected chi connectivity index (χ1v) is 10.00. The average Bonchev–Trinajstić information content (AvgIpc) is 3.15. The number of fused-ring (bicyclic) bond motifs is 3. The number of H-pyrrole nitrogens is 1. The van der Waals surface area contributed by atoms with Crippen LogP contribution >= 0.6 is 0 Å². The Morgan fingerprint density at radius 1 is 1.24 bits per heavy atom. The highest BCUT2D eigenvalue weighted by atomic mass is 19.4. The van der Waals surface area contributed by atoms with Gasteiger partial charge in [-0.2, -0.15) is 13.2 Å². The number of halogens is 3. The van der Waals surface area contributed by atoms with Gasteiger partial charge < -0.3 is 20.5 Å². The second kappa shape index (κ2) is 7.19. The second-order valence-corrected chi connectivity index (χ2v) is 8.57. The zero-order valence-corrected chi connectivity index (χ0v) is 16.6. The first kappa shape index (κ1) is 20.0. The van der Waals surface area contributed by atoms with Crippen LogP contribution in [0.1, 0.15) is 49.9 Å². The Balaban J connectivity index is 1.44. The lowest BCUT2D eigenvalue weighted by molar-refractivity contribution is -0.186. The molecule has 1 saturated carbocycles. The van der Waals surface area contributed by atoms with Crippen LogP contribution in [0.2, 0.25) is 0 Å². The third-order valence-electron chi connectivity index (χ3n) is 6.30. The molecule has 29 heavy (non-hydrogen) atoms. The summed E-state index contributed by atoms with van der Waals surface area (Å²) < 4.78 is 39.2. The minimum atomic E-state index is -4.27. The molecule has 1 fully saturated rings. The number of rotatable bonds is 4. The van der Waals surface area contributed by atoms with Crippen LogP contribution in [-0.4, -0.2) is 46.8 Å². The van der Waals surface area contributed by atoms with Gasteiger partial charge in [-0.25, -0.2) is 4.98 Å². The Bertz CT molecular complexity index is 899. The van der Waals surface area contributed by atoms with Gasteiger partial charge in [0.2, 0.25) is 0 Å². The largest absolute Gasteiger partial charge is 0.406 e. The van der Waals surface area contributed by atoms with E-state index in [4.69, 9.17) is 0 Å². The van der Waals surface area contributed by atoms with Crippen molar-refractivity contribution in [1.29, 1.82) is 0 Å². The zero-order valence-electron chi connectivity index (χ0n) is 16.6. The maximum absolute atomic E-state index is 13.1. The number of carbonyl (C=O) groups is 1. The number of nitrogens with one attached hydrogen (secondary N) is 3. The molecule has 1 amide bonds. The third-order valence-corrected chi connectivity index (χ3v) is 6.30. The SMILES string of the molecule is CC(C)(NCC1CCC(N2CNC(=O)c3cnc4[nH]ccc4c32)CC1)C(F)(F)F. The van der Waals surface area contributed by atoms with E-state index in [2.05, 4.69) is 25.5 Å². The molecule has 0 saturated heterocycles. The van der Waals surface area contributed by atoms with Gasteiger partial charge in [0.15, 0.2) is 0 Å². The summed E-state index contributed by atoms with van der Waals surface area (Å²) in [4.78, 5) is 21.9. The van der Waals surface area contributed by atoms with E-state index in [0.717, 1.165) is 42.4 Å². The van der Waals surface area contributed by atoms with Crippen LogP contribution < -0.4 is 15.5 Å². The minimum absolute atomic E-state index is 0.126. The van der Waals surface area contributed by atoms with Gasteiger partial charge in [0.05, 0.1) is 17.9 Å². The highest BCUT2D eigenvalue weighted by Crippen LogP contribution is 2.37. The van der Waals surface area contributed by atoms with Crippen molar-refractivity contribution in [2.24, 2.45) is 5.92 Å². The molecule has 2 aliphatic rings. The van der Waals surface area contributed by atoms with E-state index in [1.54, 1.807) is 6.20 Å². The van der Waals surface area contributed by atoms with Crippen molar-refractivity contribution in [2.45, 2.75) is 57.3 Å². The van der Waals surface area contributed by atoms with Gasteiger partial charge >= 0.3 is 6.18 Å². The molecule has 0 unspecified atom stereocenters. The lowest BCUT2D eigenvalue weighted by Crippen LogP contribution is -2.54. The number of amides is 1. The van der Waals surface area contributed by atoms with Crippen molar-refractivity contribution in [2.75, 3.05) is 18.1 Å². The maximum Gasteiger partial charge on any atom is 0.406 e. The predicted molar refractivity (Wildman–Crippen MR) is 105 cm³/mol. The van der Waals surface area contributed by atoms with Crippen LogP contribution in [-0.2, 0) is 0 Å². The Morgan fingerprint density at radius 3 is 2.66 bits per heavy atom. The molecule has 158 valence electrons. The highest BCUT2D eigenvalue weighted by molar-refractivity contribution is 6.08. The Labute approximate surface area is 167 Å². The summed E-state index contributed by atoms with van der Waals surface area (Å²) in [5, 5.41) is 6.54. The first-order valence-electron chi connectivity index (χ1n) is 10.00. The molecule has 1 aliphatic heterocycles. The fourth-order valence-corrected chi connectivity index (χ4v) is 4.27. The molecule has 0 radical (unpaired) electrons. The Morgan fingerprint density at radius 2 is 1.97 bits per heavy atom. The van der Waals surface area contributed by atoms with Gasteiger partial charge in [0.1, 0.15) is 11.2 Å². The maximum atomic E-state index is 13.1. The molecule has 0 atom stereocenters. The molecule has 0 spiro atoms. The van der Waals surface area contributed by atoms with Crippen molar-refractivity contribution in [3.05, 3.63) is 24.0 Å². The van der Waals surface area contributed by atoms with Crippen LogP contribution in [0.15, 0.2) is 18.5 Å². The number of anilines is 1. The quantitative estimate of drug-likeness (QED) is 0.722. The summed E-state index contributed by atoms with van der Waals surface area (Å²) in [6.07, 6.45) is 2.61. The van der Waals surface area contributed by atoms with Gasteiger partial charge in [-0.05, 0) is 58.1 Å². The fourth-order valence-electron chi connectivity index (χ4n) is 4.27. The minimum Gasteiger partial charge on any atom is -0.350 e. The van der Waals surface area contributed by atoms with E-state index in [-0.39, 0.29) is 17.9 Å². The molecule has 3 N–H and O–H groups in total. The summed E-state index contributed by atoms with van der Waals surface area (Å²) in [6, 6.07) is 2.17. The van der Waals surface area contributed by atoms with E-state index >= 15 is 0 Å². The number of aromatic amines is 1. The van der Waals surface area contributed by atoms with Gasteiger partial charge in [-0.15, -0.1) is 0 Å². The average molecular weight is 409 g/mol. The molecule has 0 bridgehead atoms. The number of pyridine rings is 1. The van der Waals surface area contributed by atoms with Gasteiger partial charge in [-0.1, -0.05) is 0 Å². The van der Waals surface area contributed by atoms with Crippen molar-refractivity contribution < 1.29 is 18.0 Å². The first-order chi connectivity index (χ1) is 13.7. The van der Waals surface area contributed by atoms with Crippen molar-refractivity contribution in [3.8, 4) is 0 Å². The van der Waals surface area contributed by atoms with Crippen molar-refractivity contribution in [1.82, 2.24) is 20.6 Å². The topological polar surface area (TPSA) is 73.0 Å². The number of alkyl halides is 3. The molecule has 4 rings (SSSR count). The molecular weight excluding hydrogens is 383 g/mol. The lowest BCUT2D eigenvalue weighted by Gasteiger charge is -2.41. The number of carbonyl (C=O) groups excluding carboxylic acids is 1. The molecule has 0 aromatic carbocycles. The number of aromatic nitrogens is 2. The summed E-state index contributed by atoms with van der Waals surface area (Å²) in [5.74, 6) is 0.0931. The standard InChI is InChI=1S/C20H26F3N5O/c1-19(2,20(21,22)23)27-9-12-3-5-13(6-4-12)28-11-26-18(29)15-10-25-17-14(16(15)28)7-8-24-17/h7-8,10,12-13,27H,3-6,9,11H2,1-2H3,(H,24,25)(H,26,29). The van der Waals surface area contributed by atoms with E-state index in [1.165, 1.54) is 13.8 Å². The van der Waals surface area contributed by atoms with E-state index < -0.39 is 11.7 Å². The molecule has 2 aromatic heterocycles. The molecule has 2 aromatic rings. The second-order valence-electron chi connectivity index (χ2n) is 8.57. The monoisotopic (exact) mass is 409 g/mol. The van der Waals surface area contributed by atoms with Gasteiger partial charge in [0.25, 0.3) is 5.91 Å². The Kier molecular flexibility index (Phi) is 4.96. The summed E-state index contributed by atoms with van der Waals surface area (Å²) in [6.45, 7) is 3.16. The van der Waals surface area contributed by atoms with Crippen LogP contribution in [0.25, 0.3) is 11.0 Å². The fraction of sp³-hybridized carbons (Fsp3) is 0.600. The smallest absolute Gasteiger partial charge is 0.350 e. The van der Waals surface area contributed by atoms with Crippen molar-refractivity contribution in [3.63, 3.8) is 0 Å². The van der Waals surface area contributed by atoms with E-state index in [0.29, 0.717) is 18.8 Å². The van der Waals surface area contributed by atoms with Crippen LogP contribution in [0.3, 0.4) is 0 Å². The van der Waals surface area contributed by atoms with Crippen LogP contribution in [0.5, 0.6) is 0 Å². The lowest BCUT2D eigenvalue weighted by atomic mass is 9.84. The molecule has 9 heteroatoms. The predicted octanol–water partition coefficient (Wildman–Crippen LogP) is 3.56. The van der Waals surface area contributed by atoms with Gasteiger partial charge in [-0.3, -0.25) is 4.79 Å². The number of hydrogen-bond donors (Lipinski definition) is 3. The highest BCUT2D eigenvalue weighted by Gasteiger charge is 2.47. The molecular formula is C20H26F3N5O. The Hall–Kier alpha value is -2.29. The number of nitrogens with zero attached hydrogens (tertiary/aromatic N) is 2. The summed E-state index contributed by atoms with van der Waals surface area (Å²) in [7, 11) is 0. The van der Waals surface area contributed by atoms with E-state index in [9.17, 15) is 18.0 Å². The van der Waals surface area contributed by atoms with E-state index in [1.807, 2.05) is 12.3 Å². The summed E-state index contributed by atoms with van der Waals surface area (Å²) >= 11 is 0. The number of hydrogen-bond acceptors (Lipinski definition) is 4. The van der Waals surface area contributed by atoms with Crippen molar-refractivity contribution >= 4 is 22.6 Å². The van der Waals surface area contributed by atoms with Crippen LogP contribution in [0.4, 0.5) is 18.9 Å². The zero-order chi connectivity index (χ0) is 20.8. The molecule has 6 nitrogen and oxygen atoms in total. The summed E-state index contributed by atoms with van der Waals surface area (Å²) in [5.41, 5.74) is 0.335.